The average molecular weight is 521 g/mol. The Hall–Kier alpha value is -1.93. The molecule has 2 aromatic carbocycles. The van der Waals surface area contributed by atoms with E-state index >= 15 is 4.39 Å². The van der Waals surface area contributed by atoms with Gasteiger partial charge in [0.1, 0.15) is 11.6 Å². The third kappa shape index (κ3) is 4.64. The van der Waals surface area contributed by atoms with Crippen LogP contribution in [-0.4, -0.2) is 25.2 Å². The molecule has 0 spiro atoms. The maximum atomic E-state index is 15.4. The summed E-state index contributed by atoms with van der Waals surface area (Å²) in [7, 11) is -4.08. The molecule has 2 aromatic rings. The van der Waals surface area contributed by atoms with Gasteiger partial charge in [-0.05, 0) is 97.1 Å². The summed E-state index contributed by atoms with van der Waals surface area (Å²) < 4.78 is 56.5. The lowest BCUT2D eigenvalue weighted by Gasteiger charge is -2.57. The predicted molar refractivity (Wildman–Crippen MR) is 131 cm³/mol. The summed E-state index contributed by atoms with van der Waals surface area (Å²) in [4.78, 5) is 10.5. The number of rotatable bonds is 8. The van der Waals surface area contributed by atoms with E-state index < -0.39 is 33.4 Å². The topological polar surface area (TPSA) is 71.4 Å². The van der Waals surface area contributed by atoms with E-state index in [-0.39, 0.29) is 21.0 Å². The number of carboxylic acids is 1. The summed E-state index contributed by atoms with van der Waals surface area (Å²) in [6.45, 7) is 1.58. The quantitative estimate of drug-likeness (QED) is 0.448. The van der Waals surface area contributed by atoms with Crippen molar-refractivity contribution < 1.29 is 27.1 Å². The highest BCUT2D eigenvalue weighted by atomic mass is 32.2. The van der Waals surface area contributed by atoms with Gasteiger partial charge in [0.2, 0.25) is 9.84 Å². The summed E-state index contributed by atoms with van der Waals surface area (Å²) in [5.41, 5.74) is 0.768. The molecule has 4 fully saturated rings. The van der Waals surface area contributed by atoms with Crippen LogP contribution in [0.15, 0.2) is 46.2 Å². The largest absolute Gasteiger partial charge is 0.481 e. The molecule has 4 nitrogen and oxygen atoms in total. The Morgan fingerprint density at radius 3 is 2.06 bits per heavy atom. The zero-order chi connectivity index (χ0) is 25.0. The predicted octanol–water partition coefficient (Wildman–Crippen LogP) is 6.22. The van der Waals surface area contributed by atoms with Gasteiger partial charge in [0.15, 0.2) is 0 Å². The highest BCUT2D eigenvalue weighted by molar-refractivity contribution is 7.98. The van der Waals surface area contributed by atoms with E-state index in [4.69, 9.17) is 5.11 Å². The van der Waals surface area contributed by atoms with E-state index in [0.717, 1.165) is 31.4 Å². The van der Waals surface area contributed by atoms with Crippen molar-refractivity contribution in [1.82, 2.24) is 0 Å². The molecule has 1 unspecified atom stereocenters. The summed E-state index contributed by atoms with van der Waals surface area (Å²) in [6, 6.07) is 7.94. The van der Waals surface area contributed by atoms with Crippen LogP contribution in [0.4, 0.5) is 8.78 Å². The number of carbonyl (C=O) groups is 1. The third-order valence-corrected chi connectivity index (χ3v) is 11.2. The van der Waals surface area contributed by atoms with Crippen molar-refractivity contribution in [2.24, 2.45) is 23.7 Å². The first-order valence-corrected chi connectivity index (χ1v) is 14.9. The lowest BCUT2D eigenvalue weighted by atomic mass is 9.48. The highest BCUT2D eigenvalue weighted by Crippen LogP contribution is 2.61. The summed E-state index contributed by atoms with van der Waals surface area (Å²) in [6.07, 6.45) is 6.68. The van der Waals surface area contributed by atoms with Gasteiger partial charge in [-0.1, -0.05) is 19.1 Å². The summed E-state index contributed by atoms with van der Waals surface area (Å²) in [5.74, 6) is -0.119. The molecule has 188 valence electrons. The van der Waals surface area contributed by atoms with Crippen LogP contribution in [0.1, 0.15) is 56.6 Å². The smallest absolute Gasteiger partial charge is 0.307 e. The number of benzene rings is 2. The monoisotopic (exact) mass is 520 g/mol. The molecule has 0 heterocycles. The zero-order valence-corrected chi connectivity index (χ0v) is 21.3. The molecule has 4 bridgehead atoms. The van der Waals surface area contributed by atoms with Crippen molar-refractivity contribution in [3.8, 4) is 0 Å². The normalized spacial score (nSPS) is 28.3. The van der Waals surface area contributed by atoms with Crippen LogP contribution in [0.2, 0.25) is 0 Å². The lowest BCUT2D eigenvalue weighted by molar-refractivity contribution is -0.140. The minimum atomic E-state index is -4.08. The highest BCUT2D eigenvalue weighted by Gasteiger charge is 2.52. The van der Waals surface area contributed by atoms with Gasteiger partial charge in [-0.25, -0.2) is 17.2 Å². The molecule has 0 amide bonds. The van der Waals surface area contributed by atoms with Crippen LogP contribution in [0.3, 0.4) is 0 Å². The molecule has 1 N–H and O–H groups in total. The molecule has 1 atom stereocenters. The van der Waals surface area contributed by atoms with Gasteiger partial charge in [-0.15, -0.1) is 0 Å². The van der Waals surface area contributed by atoms with E-state index in [9.17, 15) is 17.6 Å². The van der Waals surface area contributed by atoms with Crippen LogP contribution in [0.25, 0.3) is 0 Å². The van der Waals surface area contributed by atoms with Gasteiger partial charge in [0, 0.05) is 11.5 Å². The lowest BCUT2D eigenvalue weighted by Crippen LogP contribution is -2.48. The Morgan fingerprint density at radius 1 is 1.00 bits per heavy atom. The standard InChI is InChI=1S/C27H30F2O4S2/c1-16(26(30)31)14-34-15-20-2-3-21(9-24(20)28)35(32,33)22-4-5-23(25(29)10-22)27-11-17-6-18(12-27)8-19(7-17)13-27/h2-5,9-10,16-19H,6-8,11-15H2,1H3,(H,30,31). The summed E-state index contributed by atoms with van der Waals surface area (Å²) in [5, 5.41) is 8.95. The fourth-order valence-corrected chi connectivity index (χ4v) is 9.25. The second-order valence-corrected chi connectivity index (χ2v) is 13.8. The third-order valence-electron chi connectivity index (χ3n) is 8.24. The van der Waals surface area contributed by atoms with E-state index in [2.05, 4.69) is 0 Å². The van der Waals surface area contributed by atoms with Crippen molar-refractivity contribution in [3.63, 3.8) is 0 Å². The van der Waals surface area contributed by atoms with Crippen LogP contribution < -0.4 is 0 Å². The molecule has 0 aliphatic heterocycles. The minimum Gasteiger partial charge on any atom is -0.481 e. The maximum Gasteiger partial charge on any atom is 0.307 e. The Kier molecular flexibility index (Phi) is 6.49. The molecular weight excluding hydrogens is 490 g/mol. The molecule has 0 saturated heterocycles. The number of sulfone groups is 1. The van der Waals surface area contributed by atoms with Gasteiger partial charge in [-0.3, -0.25) is 4.79 Å². The SMILES string of the molecule is CC(CSCc1ccc(S(=O)(=O)c2ccc(C34CC5CC(CC(C5)C3)C4)c(F)c2)cc1F)C(=O)O. The van der Waals surface area contributed by atoms with Gasteiger partial charge in [-0.2, -0.15) is 11.8 Å². The fraction of sp³-hybridized carbons (Fsp3) is 0.519. The first-order valence-electron chi connectivity index (χ1n) is 12.2. The zero-order valence-electron chi connectivity index (χ0n) is 19.7. The van der Waals surface area contributed by atoms with Gasteiger partial charge >= 0.3 is 5.97 Å². The number of hydrogen-bond donors (Lipinski definition) is 1. The van der Waals surface area contributed by atoms with Gasteiger partial charge in [0.25, 0.3) is 0 Å². The molecule has 35 heavy (non-hydrogen) atoms. The number of carboxylic acid groups (broad SMARTS) is 1. The molecule has 4 aliphatic rings. The van der Waals surface area contributed by atoms with Gasteiger partial charge in [0.05, 0.1) is 15.7 Å². The van der Waals surface area contributed by atoms with Gasteiger partial charge < -0.3 is 5.11 Å². The van der Waals surface area contributed by atoms with Crippen LogP contribution >= 0.6 is 11.8 Å². The van der Waals surface area contributed by atoms with E-state index in [1.807, 2.05) is 0 Å². The molecule has 0 aromatic heterocycles. The van der Waals surface area contributed by atoms with Crippen molar-refractivity contribution in [2.75, 3.05) is 5.75 Å². The van der Waals surface area contributed by atoms with E-state index in [0.29, 0.717) is 34.6 Å². The van der Waals surface area contributed by atoms with Crippen LogP contribution in [0.5, 0.6) is 0 Å². The summed E-state index contributed by atoms with van der Waals surface area (Å²) >= 11 is 1.27. The molecule has 6 rings (SSSR count). The maximum absolute atomic E-state index is 15.4. The van der Waals surface area contributed by atoms with Crippen LogP contribution in [-0.2, 0) is 25.8 Å². The van der Waals surface area contributed by atoms with Crippen LogP contribution in [0, 0.1) is 35.3 Å². The van der Waals surface area contributed by atoms with Crippen molar-refractivity contribution in [1.29, 1.82) is 0 Å². The Labute approximate surface area is 209 Å². The minimum absolute atomic E-state index is 0.166. The number of halogens is 2. The number of hydrogen-bond acceptors (Lipinski definition) is 4. The first-order chi connectivity index (χ1) is 16.6. The van der Waals surface area contributed by atoms with E-state index in [1.54, 1.807) is 13.0 Å². The number of thioether (sulfide) groups is 1. The molecule has 4 saturated carbocycles. The van der Waals surface area contributed by atoms with Crippen molar-refractivity contribution in [2.45, 2.75) is 66.4 Å². The molecule has 8 heteroatoms. The molecule has 0 radical (unpaired) electrons. The first kappa shape index (κ1) is 24.8. The Morgan fingerprint density at radius 2 is 1.54 bits per heavy atom. The van der Waals surface area contributed by atoms with Crippen molar-refractivity contribution >= 4 is 27.6 Å². The fourth-order valence-electron chi connectivity index (χ4n) is 6.90. The second kappa shape index (κ2) is 9.18. The Bertz CT molecular complexity index is 1220. The average Bonchev–Trinajstić information content (AvgIpc) is 2.78. The second-order valence-electron chi connectivity index (χ2n) is 10.9. The number of aliphatic carboxylic acids is 1. The molecular formula is C27H30F2O4S2. The van der Waals surface area contributed by atoms with E-state index in [1.165, 1.54) is 49.2 Å². The van der Waals surface area contributed by atoms with Crippen molar-refractivity contribution in [3.05, 3.63) is 59.2 Å². The Balaban J connectivity index is 1.35. The molecule has 4 aliphatic carbocycles.